The number of hydrogen-bond donors (Lipinski definition) is 0. The highest BCUT2D eigenvalue weighted by Crippen LogP contribution is 2.28. The fourth-order valence-corrected chi connectivity index (χ4v) is 1.94. The lowest BCUT2D eigenvalue weighted by Crippen LogP contribution is -2.14. The first kappa shape index (κ1) is 13.2. The zero-order valence-electron chi connectivity index (χ0n) is 9.16. The lowest BCUT2D eigenvalue weighted by Gasteiger charge is -2.07. The summed E-state index contributed by atoms with van der Waals surface area (Å²) in [5.74, 6) is 0.184. The number of ether oxygens (including phenoxy) is 2. The third-order valence-corrected chi connectivity index (χ3v) is 3.01. The first-order chi connectivity index (χ1) is 7.67. The Morgan fingerprint density at radius 2 is 2.25 bits per heavy atom. The Balaban J connectivity index is 2.55. The molecule has 0 aliphatic rings. The van der Waals surface area contributed by atoms with E-state index >= 15 is 0 Å². The van der Waals surface area contributed by atoms with E-state index in [4.69, 9.17) is 21.1 Å². The van der Waals surface area contributed by atoms with Gasteiger partial charge >= 0.3 is 5.97 Å². The summed E-state index contributed by atoms with van der Waals surface area (Å²) in [4.78, 5) is 12.0. The van der Waals surface area contributed by atoms with E-state index < -0.39 is 0 Å². The van der Waals surface area contributed by atoms with E-state index in [1.165, 1.54) is 0 Å². The van der Waals surface area contributed by atoms with Crippen LogP contribution >= 0.6 is 23.4 Å². The fourth-order valence-electron chi connectivity index (χ4n) is 1.08. The van der Waals surface area contributed by atoms with Crippen molar-refractivity contribution in [2.45, 2.75) is 11.8 Å². The van der Waals surface area contributed by atoms with Crippen LogP contribution in [0.5, 0.6) is 5.75 Å². The second kappa shape index (κ2) is 6.66. The van der Waals surface area contributed by atoms with Crippen molar-refractivity contribution in [3.05, 3.63) is 23.2 Å². The van der Waals surface area contributed by atoms with Crippen LogP contribution in [0.1, 0.15) is 6.92 Å². The minimum atomic E-state index is -0.382. The molecule has 0 aliphatic carbocycles. The van der Waals surface area contributed by atoms with Gasteiger partial charge in [-0.25, -0.2) is 4.79 Å². The van der Waals surface area contributed by atoms with Crippen LogP contribution in [-0.2, 0) is 9.53 Å². The lowest BCUT2D eigenvalue weighted by molar-refractivity contribution is -0.145. The second-order valence-electron chi connectivity index (χ2n) is 2.89. The number of rotatable bonds is 5. The van der Waals surface area contributed by atoms with Crippen molar-refractivity contribution in [3.63, 3.8) is 0 Å². The van der Waals surface area contributed by atoms with Crippen molar-refractivity contribution in [1.29, 1.82) is 0 Å². The Bertz CT molecular complexity index is 368. The van der Waals surface area contributed by atoms with Gasteiger partial charge in [0.05, 0.1) is 11.6 Å². The summed E-state index contributed by atoms with van der Waals surface area (Å²) in [6, 6.07) is 5.32. The van der Waals surface area contributed by atoms with Crippen molar-refractivity contribution in [2.75, 3.05) is 19.5 Å². The van der Waals surface area contributed by atoms with Gasteiger partial charge in [-0.1, -0.05) is 11.6 Å². The predicted octanol–water partition coefficient (Wildman–Crippen LogP) is 3.00. The highest BCUT2D eigenvalue weighted by atomic mass is 35.5. The fraction of sp³-hybridized carbons (Fsp3) is 0.364. The highest BCUT2D eigenvalue weighted by molar-refractivity contribution is 7.98. The Morgan fingerprint density at radius 3 is 2.81 bits per heavy atom. The zero-order chi connectivity index (χ0) is 12.0. The number of benzene rings is 1. The highest BCUT2D eigenvalue weighted by Gasteiger charge is 2.05. The quantitative estimate of drug-likeness (QED) is 0.602. The van der Waals surface area contributed by atoms with Crippen LogP contribution in [0, 0.1) is 0 Å². The molecule has 5 heteroatoms. The average molecular weight is 261 g/mol. The molecule has 0 atom stereocenters. The molecule has 0 saturated carbocycles. The SMILES string of the molecule is CCOC(=O)COc1ccc(SC)c(Cl)c1. The van der Waals surface area contributed by atoms with Crippen molar-refractivity contribution >= 4 is 29.3 Å². The Kier molecular flexibility index (Phi) is 5.49. The number of hydrogen-bond acceptors (Lipinski definition) is 4. The first-order valence-electron chi connectivity index (χ1n) is 4.79. The molecule has 1 rings (SSSR count). The summed E-state index contributed by atoms with van der Waals surface area (Å²) in [5.41, 5.74) is 0. The van der Waals surface area contributed by atoms with Gasteiger partial charge in [0.15, 0.2) is 6.61 Å². The Labute approximate surface area is 104 Å². The van der Waals surface area contributed by atoms with Crippen LogP contribution in [0.3, 0.4) is 0 Å². The molecule has 88 valence electrons. The van der Waals surface area contributed by atoms with Crippen LogP contribution in [0.25, 0.3) is 0 Å². The molecular formula is C11H13ClO3S. The van der Waals surface area contributed by atoms with Crippen LogP contribution < -0.4 is 4.74 Å². The van der Waals surface area contributed by atoms with Gasteiger partial charge < -0.3 is 9.47 Å². The monoisotopic (exact) mass is 260 g/mol. The van der Waals surface area contributed by atoms with Crippen molar-refractivity contribution in [3.8, 4) is 5.75 Å². The van der Waals surface area contributed by atoms with Gasteiger partial charge in [0, 0.05) is 4.90 Å². The van der Waals surface area contributed by atoms with Crippen molar-refractivity contribution in [2.24, 2.45) is 0 Å². The van der Waals surface area contributed by atoms with Crippen LogP contribution in [0.2, 0.25) is 5.02 Å². The number of thioether (sulfide) groups is 1. The topological polar surface area (TPSA) is 35.5 Å². The van der Waals surface area contributed by atoms with Gasteiger partial charge in [0.25, 0.3) is 0 Å². The minimum absolute atomic E-state index is 0.0945. The van der Waals surface area contributed by atoms with E-state index in [1.807, 2.05) is 12.3 Å². The maximum absolute atomic E-state index is 11.0. The van der Waals surface area contributed by atoms with Gasteiger partial charge in [0.2, 0.25) is 0 Å². The van der Waals surface area contributed by atoms with Gasteiger partial charge in [-0.05, 0) is 31.4 Å². The van der Waals surface area contributed by atoms with Gasteiger partial charge in [0.1, 0.15) is 5.75 Å². The first-order valence-corrected chi connectivity index (χ1v) is 6.39. The number of esters is 1. The zero-order valence-corrected chi connectivity index (χ0v) is 10.7. The van der Waals surface area contributed by atoms with Crippen molar-refractivity contribution in [1.82, 2.24) is 0 Å². The van der Waals surface area contributed by atoms with Crippen LogP contribution in [0.15, 0.2) is 23.1 Å². The summed E-state index contributed by atoms with van der Waals surface area (Å²) in [6.07, 6.45) is 1.94. The number of halogens is 1. The molecule has 0 unspecified atom stereocenters. The summed E-state index contributed by atoms with van der Waals surface area (Å²) in [5, 5.41) is 0.619. The van der Waals surface area contributed by atoms with E-state index in [-0.39, 0.29) is 12.6 Å². The molecular weight excluding hydrogens is 248 g/mol. The summed E-state index contributed by atoms with van der Waals surface area (Å²) >= 11 is 7.55. The van der Waals surface area contributed by atoms with E-state index in [0.29, 0.717) is 17.4 Å². The molecule has 1 aromatic carbocycles. The molecule has 0 bridgehead atoms. The molecule has 0 radical (unpaired) electrons. The molecule has 0 aromatic heterocycles. The van der Waals surface area contributed by atoms with Gasteiger partial charge in [-0.3, -0.25) is 0 Å². The van der Waals surface area contributed by atoms with Gasteiger partial charge in [-0.15, -0.1) is 11.8 Å². The Morgan fingerprint density at radius 1 is 1.50 bits per heavy atom. The molecule has 1 aromatic rings. The molecule has 16 heavy (non-hydrogen) atoms. The normalized spacial score (nSPS) is 9.94. The molecule has 0 amide bonds. The molecule has 3 nitrogen and oxygen atoms in total. The third kappa shape index (κ3) is 3.94. The van der Waals surface area contributed by atoms with Crippen LogP contribution in [-0.4, -0.2) is 25.4 Å². The smallest absolute Gasteiger partial charge is 0.344 e. The van der Waals surface area contributed by atoms with Crippen molar-refractivity contribution < 1.29 is 14.3 Å². The molecule has 0 spiro atoms. The maximum atomic E-state index is 11.0. The standard InChI is InChI=1S/C11H13ClO3S/c1-3-14-11(13)7-15-8-4-5-10(16-2)9(12)6-8/h4-6H,3,7H2,1-2H3. The molecule has 0 saturated heterocycles. The maximum Gasteiger partial charge on any atom is 0.344 e. The lowest BCUT2D eigenvalue weighted by atomic mass is 10.3. The summed E-state index contributed by atoms with van der Waals surface area (Å²) in [6.45, 7) is 2.01. The Hall–Kier alpha value is -0.870. The summed E-state index contributed by atoms with van der Waals surface area (Å²) < 4.78 is 9.97. The largest absolute Gasteiger partial charge is 0.482 e. The second-order valence-corrected chi connectivity index (χ2v) is 4.15. The molecule has 0 N–H and O–H groups in total. The van der Waals surface area contributed by atoms with Gasteiger partial charge in [-0.2, -0.15) is 0 Å². The molecule has 0 heterocycles. The number of carbonyl (C=O) groups excluding carboxylic acids is 1. The molecule has 0 fully saturated rings. The van der Waals surface area contributed by atoms with E-state index in [1.54, 1.807) is 30.8 Å². The molecule has 0 aliphatic heterocycles. The minimum Gasteiger partial charge on any atom is -0.482 e. The third-order valence-electron chi connectivity index (χ3n) is 1.79. The number of carbonyl (C=O) groups is 1. The average Bonchev–Trinajstić information content (AvgIpc) is 2.27. The van der Waals surface area contributed by atoms with E-state index in [0.717, 1.165) is 4.90 Å². The van der Waals surface area contributed by atoms with Crippen LogP contribution in [0.4, 0.5) is 0 Å². The predicted molar refractivity (Wildman–Crippen MR) is 65.4 cm³/mol. The van der Waals surface area contributed by atoms with E-state index in [2.05, 4.69) is 0 Å². The summed E-state index contributed by atoms with van der Waals surface area (Å²) in [7, 11) is 0. The van der Waals surface area contributed by atoms with E-state index in [9.17, 15) is 4.79 Å².